The van der Waals surface area contributed by atoms with Crippen LogP contribution in [0.5, 0.6) is 0 Å². The van der Waals surface area contributed by atoms with Crippen molar-refractivity contribution < 1.29 is 4.79 Å². The van der Waals surface area contributed by atoms with Gasteiger partial charge in [0.1, 0.15) is 0 Å². The first-order chi connectivity index (χ1) is 14.7. The van der Waals surface area contributed by atoms with Crippen LogP contribution in [0.4, 0.5) is 0 Å². The summed E-state index contributed by atoms with van der Waals surface area (Å²) in [5, 5.41) is 6.83. The van der Waals surface area contributed by atoms with E-state index in [-0.39, 0.29) is 5.91 Å². The van der Waals surface area contributed by atoms with Crippen LogP contribution in [0.1, 0.15) is 18.9 Å². The predicted octanol–water partition coefficient (Wildman–Crippen LogP) is 0.880. The van der Waals surface area contributed by atoms with E-state index in [1.807, 2.05) is 11.0 Å². The van der Waals surface area contributed by atoms with Gasteiger partial charge in [0.05, 0.1) is 0 Å². The average molecular weight is 415 g/mol. The summed E-state index contributed by atoms with van der Waals surface area (Å²) in [6.45, 7) is 12.3. The molecule has 1 amide bonds. The number of aliphatic imine (C=N–C) groups is 1. The molecule has 2 saturated heterocycles. The van der Waals surface area contributed by atoms with E-state index >= 15 is 0 Å². The van der Waals surface area contributed by atoms with Crippen molar-refractivity contribution in [3.05, 3.63) is 35.9 Å². The average Bonchev–Trinajstić information content (AvgIpc) is 3.15. The van der Waals surface area contributed by atoms with E-state index in [4.69, 9.17) is 0 Å². The molecule has 2 heterocycles. The molecule has 1 atom stereocenters. The van der Waals surface area contributed by atoms with Crippen LogP contribution in [0, 0.1) is 5.92 Å². The summed E-state index contributed by atoms with van der Waals surface area (Å²) >= 11 is 0. The number of carbonyl (C=O) groups is 1. The molecule has 1 aromatic carbocycles. The Labute approximate surface area is 181 Å². The van der Waals surface area contributed by atoms with E-state index in [0.29, 0.717) is 12.3 Å². The van der Waals surface area contributed by atoms with E-state index in [0.717, 1.165) is 64.7 Å². The maximum absolute atomic E-state index is 12.4. The van der Waals surface area contributed by atoms with Crippen LogP contribution in [0.25, 0.3) is 0 Å². The molecule has 2 aliphatic rings. The van der Waals surface area contributed by atoms with Gasteiger partial charge >= 0.3 is 0 Å². The third-order valence-corrected chi connectivity index (χ3v) is 6.22. The van der Waals surface area contributed by atoms with Crippen LogP contribution in [-0.4, -0.2) is 99.1 Å². The standard InChI is InChI=1S/C23H38N6O/c1-3-27-13-15-28(16-14-27)12-10-25-23(24-2)26-18-21-17-22(30)29(19-21)11-9-20-7-5-4-6-8-20/h4-8,21H,3,9-19H2,1-2H3,(H2,24,25,26). The maximum atomic E-state index is 12.4. The highest BCUT2D eigenvalue weighted by atomic mass is 16.2. The summed E-state index contributed by atoms with van der Waals surface area (Å²) < 4.78 is 0. The summed E-state index contributed by atoms with van der Waals surface area (Å²) in [5.41, 5.74) is 1.28. The first-order valence-corrected chi connectivity index (χ1v) is 11.4. The number of guanidine groups is 1. The molecule has 2 aliphatic heterocycles. The molecule has 3 rings (SSSR count). The van der Waals surface area contributed by atoms with E-state index in [1.54, 1.807) is 7.05 Å². The van der Waals surface area contributed by atoms with Gasteiger partial charge in [-0.1, -0.05) is 37.3 Å². The Morgan fingerprint density at radius 3 is 2.50 bits per heavy atom. The molecule has 30 heavy (non-hydrogen) atoms. The van der Waals surface area contributed by atoms with E-state index in [1.165, 1.54) is 18.7 Å². The Kier molecular flexibility index (Phi) is 8.96. The van der Waals surface area contributed by atoms with E-state index < -0.39 is 0 Å². The lowest BCUT2D eigenvalue weighted by atomic mass is 10.1. The van der Waals surface area contributed by atoms with Gasteiger partial charge in [-0.05, 0) is 18.5 Å². The molecular formula is C23H38N6O. The van der Waals surface area contributed by atoms with Crippen molar-refractivity contribution >= 4 is 11.9 Å². The minimum absolute atomic E-state index is 0.270. The molecule has 0 spiro atoms. The number of likely N-dealkylation sites (N-methyl/N-ethyl adjacent to an activating group) is 1. The molecule has 0 aromatic heterocycles. The highest BCUT2D eigenvalue weighted by molar-refractivity contribution is 5.80. The summed E-state index contributed by atoms with van der Waals surface area (Å²) in [4.78, 5) is 23.7. The molecule has 0 aliphatic carbocycles. The number of carbonyl (C=O) groups excluding carboxylic acids is 1. The van der Waals surface area contributed by atoms with Gasteiger partial charge in [0.25, 0.3) is 0 Å². The zero-order valence-corrected chi connectivity index (χ0v) is 18.6. The van der Waals surface area contributed by atoms with Gasteiger partial charge in [0.2, 0.25) is 5.91 Å². The van der Waals surface area contributed by atoms with Crippen molar-refractivity contribution in [2.24, 2.45) is 10.9 Å². The molecular weight excluding hydrogens is 376 g/mol. The van der Waals surface area contributed by atoms with Gasteiger partial charge in [0, 0.05) is 78.3 Å². The van der Waals surface area contributed by atoms with Gasteiger partial charge < -0.3 is 20.4 Å². The van der Waals surface area contributed by atoms with Crippen molar-refractivity contribution in [3.63, 3.8) is 0 Å². The summed E-state index contributed by atoms with van der Waals surface area (Å²) in [5.74, 6) is 1.44. The lowest BCUT2D eigenvalue weighted by molar-refractivity contribution is -0.127. The number of likely N-dealkylation sites (tertiary alicyclic amines) is 1. The maximum Gasteiger partial charge on any atom is 0.223 e. The SMILES string of the molecule is CCN1CCN(CCNC(=NC)NCC2CC(=O)N(CCc3ccccc3)C2)CC1. The zero-order valence-electron chi connectivity index (χ0n) is 18.6. The summed E-state index contributed by atoms with van der Waals surface area (Å²) in [7, 11) is 1.81. The second-order valence-corrected chi connectivity index (χ2v) is 8.30. The van der Waals surface area contributed by atoms with Gasteiger partial charge in [-0.3, -0.25) is 14.7 Å². The highest BCUT2D eigenvalue weighted by Crippen LogP contribution is 2.17. The van der Waals surface area contributed by atoms with Crippen LogP contribution in [0.2, 0.25) is 0 Å². The fourth-order valence-corrected chi connectivity index (χ4v) is 4.24. The lowest BCUT2D eigenvalue weighted by Crippen LogP contribution is -2.49. The Bertz CT molecular complexity index is 672. The third kappa shape index (κ3) is 6.99. The fourth-order valence-electron chi connectivity index (χ4n) is 4.24. The minimum atomic E-state index is 0.270. The largest absolute Gasteiger partial charge is 0.356 e. The minimum Gasteiger partial charge on any atom is -0.356 e. The monoisotopic (exact) mass is 414 g/mol. The van der Waals surface area contributed by atoms with Crippen LogP contribution in [-0.2, 0) is 11.2 Å². The number of hydrogen-bond donors (Lipinski definition) is 2. The summed E-state index contributed by atoms with van der Waals surface area (Å²) in [6, 6.07) is 10.4. The highest BCUT2D eigenvalue weighted by Gasteiger charge is 2.29. The number of nitrogens with one attached hydrogen (secondary N) is 2. The van der Waals surface area contributed by atoms with Crippen molar-refractivity contribution in [1.29, 1.82) is 0 Å². The first-order valence-electron chi connectivity index (χ1n) is 11.4. The molecule has 1 aromatic rings. The van der Waals surface area contributed by atoms with Crippen LogP contribution in [0.3, 0.4) is 0 Å². The predicted molar refractivity (Wildman–Crippen MR) is 123 cm³/mol. The quantitative estimate of drug-likeness (QED) is 0.464. The number of benzene rings is 1. The Hall–Kier alpha value is -2.12. The molecule has 0 saturated carbocycles. The van der Waals surface area contributed by atoms with Crippen molar-refractivity contribution in [2.75, 3.05) is 72.5 Å². The third-order valence-electron chi connectivity index (χ3n) is 6.22. The topological polar surface area (TPSA) is 63.2 Å². The number of rotatable bonds is 9. The Morgan fingerprint density at radius 2 is 1.80 bits per heavy atom. The van der Waals surface area contributed by atoms with Crippen molar-refractivity contribution in [3.8, 4) is 0 Å². The van der Waals surface area contributed by atoms with Crippen LogP contribution in [0.15, 0.2) is 35.3 Å². The lowest BCUT2D eigenvalue weighted by Gasteiger charge is -2.34. The molecule has 2 N–H and O–H groups in total. The van der Waals surface area contributed by atoms with Crippen molar-refractivity contribution in [1.82, 2.24) is 25.3 Å². The Morgan fingerprint density at radius 1 is 1.07 bits per heavy atom. The van der Waals surface area contributed by atoms with Gasteiger partial charge in [0.15, 0.2) is 5.96 Å². The molecule has 0 bridgehead atoms. The molecule has 0 radical (unpaired) electrons. The smallest absolute Gasteiger partial charge is 0.223 e. The number of hydrogen-bond acceptors (Lipinski definition) is 4. The van der Waals surface area contributed by atoms with Crippen molar-refractivity contribution in [2.45, 2.75) is 19.8 Å². The number of piperazine rings is 1. The molecule has 7 nitrogen and oxygen atoms in total. The Balaban J connectivity index is 1.31. The second kappa shape index (κ2) is 11.9. The normalized spacial score (nSPS) is 21.3. The van der Waals surface area contributed by atoms with Gasteiger partial charge in [-0.15, -0.1) is 0 Å². The molecule has 2 fully saturated rings. The summed E-state index contributed by atoms with van der Waals surface area (Å²) in [6.07, 6.45) is 1.54. The first kappa shape index (κ1) is 22.6. The van der Waals surface area contributed by atoms with Gasteiger partial charge in [-0.25, -0.2) is 0 Å². The van der Waals surface area contributed by atoms with E-state index in [9.17, 15) is 4.79 Å². The van der Waals surface area contributed by atoms with Crippen LogP contribution >= 0.6 is 0 Å². The second-order valence-electron chi connectivity index (χ2n) is 8.30. The van der Waals surface area contributed by atoms with Gasteiger partial charge in [-0.2, -0.15) is 0 Å². The molecule has 7 heteroatoms. The number of nitrogens with zero attached hydrogens (tertiary/aromatic N) is 4. The zero-order chi connectivity index (χ0) is 21.2. The van der Waals surface area contributed by atoms with Crippen LogP contribution < -0.4 is 10.6 Å². The molecule has 166 valence electrons. The molecule has 1 unspecified atom stereocenters. The number of amides is 1. The fraction of sp³-hybridized carbons (Fsp3) is 0.652. The van der Waals surface area contributed by atoms with E-state index in [2.05, 4.69) is 56.6 Å².